The first kappa shape index (κ1) is 12.0. The van der Waals surface area contributed by atoms with Gasteiger partial charge in [0, 0.05) is 5.54 Å². The lowest BCUT2D eigenvalue weighted by atomic mass is 9.78. The molecule has 1 atom stereocenters. The highest BCUT2D eigenvalue weighted by atomic mass is 15.2. The van der Waals surface area contributed by atoms with E-state index in [1.54, 1.807) is 0 Å². The second-order valence-electron chi connectivity index (χ2n) is 5.00. The normalized spacial score (nSPS) is 21.9. The van der Waals surface area contributed by atoms with Crippen LogP contribution in [0.4, 0.5) is 0 Å². The molecule has 0 spiro atoms. The van der Waals surface area contributed by atoms with Gasteiger partial charge in [0.05, 0.1) is 0 Å². The van der Waals surface area contributed by atoms with Gasteiger partial charge in [0.25, 0.3) is 0 Å². The Morgan fingerprint density at radius 2 is 1.86 bits per heavy atom. The lowest BCUT2D eigenvalue weighted by molar-refractivity contribution is 0.127. The molecule has 1 aliphatic rings. The van der Waals surface area contributed by atoms with Crippen molar-refractivity contribution in [1.82, 2.24) is 9.80 Å². The van der Waals surface area contributed by atoms with E-state index in [1.807, 2.05) is 0 Å². The van der Waals surface area contributed by atoms with Gasteiger partial charge in [0.1, 0.15) is 0 Å². The van der Waals surface area contributed by atoms with E-state index in [1.165, 1.54) is 38.6 Å². The minimum atomic E-state index is 0.377. The summed E-state index contributed by atoms with van der Waals surface area (Å²) in [6, 6.07) is 0. The molecule has 1 unspecified atom stereocenters. The summed E-state index contributed by atoms with van der Waals surface area (Å²) in [5, 5.41) is 0. The fourth-order valence-electron chi connectivity index (χ4n) is 2.32. The van der Waals surface area contributed by atoms with Crippen LogP contribution < -0.4 is 0 Å². The predicted octanol–water partition coefficient (Wildman–Crippen LogP) is 2.02. The molecule has 1 aliphatic carbocycles. The van der Waals surface area contributed by atoms with Gasteiger partial charge >= 0.3 is 0 Å². The topological polar surface area (TPSA) is 6.48 Å². The maximum absolute atomic E-state index is 2.54. The average Bonchev–Trinajstić information content (AvgIpc) is 2.16. The summed E-state index contributed by atoms with van der Waals surface area (Å²) in [6.07, 6.45) is 9.23. The highest BCUT2D eigenvalue weighted by Crippen LogP contribution is 2.34. The Balaban J connectivity index is 2.52. The molecule has 0 saturated heterocycles. The molecule has 2 heteroatoms. The van der Waals surface area contributed by atoms with Gasteiger partial charge in [-0.05, 0) is 60.4 Å². The quantitative estimate of drug-likeness (QED) is 0.680. The average molecular weight is 197 g/mol. The Bertz CT molecular complexity index is 158. The first-order chi connectivity index (χ1) is 6.57. The summed E-state index contributed by atoms with van der Waals surface area (Å²) in [5.41, 5.74) is 0.377. The van der Waals surface area contributed by atoms with Gasteiger partial charge in [-0.3, -0.25) is 0 Å². The first-order valence-corrected chi connectivity index (χ1v) is 5.73. The summed E-state index contributed by atoms with van der Waals surface area (Å²) in [7, 11) is 8.76. The molecule has 1 rings (SSSR count). The first-order valence-electron chi connectivity index (χ1n) is 5.73. The van der Waals surface area contributed by atoms with E-state index in [0.29, 0.717) is 5.54 Å². The Kier molecular flexibility index (Phi) is 4.39. The van der Waals surface area contributed by atoms with Crippen LogP contribution in [-0.2, 0) is 0 Å². The van der Waals surface area contributed by atoms with Crippen molar-refractivity contribution in [2.24, 2.45) is 0 Å². The monoisotopic (exact) mass is 197 g/mol. The lowest BCUT2D eigenvalue weighted by Gasteiger charge is -2.43. The van der Waals surface area contributed by atoms with E-state index in [-0.39, 0.29) is 0 Å². The third kappa shape index (κ3) is 2.96. The predicted molar refractivity (Wildman–Crippen MR) is 62.4 cm³/mol. The Labute approximate surface area is 89.3 Å². The van der Waals surface area contributed by atoms with Crippen LogP contribution in [0.1, 0.15) is 32.1 Å². The smallest absolute Gasteiger partial charge is 0.0247 e. The molecule has 0 aromatic heterocycles. The SMILES string of the molecule is CN(C)CCC1(N(C)C)[CH]CCCC1. The van der Waals surface area contributed by atoms with Gasteiger partial charge in [-0.2, -0.15) is 0 Å². The van der Waals surface area contributed by atoms with E-state index in [9.17, 15) is 0 Å². The van der Waals surface area contributed by atoms with Gasteiger partial charge in [-0.25, -0.2) is 0 Å². The summed E-state index contributed by atoms with van der Waals surface area (Å²) in [4.78, 5) is 4.70. The third-order valence-electron chi connectivity index (χ3n) is 3.47. The van der Waals surface area contributed by atoms with Crippen LogP contribution in [0, 0.1) is 6.42 Å². The summed E-state index contributed by atoms with van der Waals surface area (Å²) in [6.45, 7) is 1.19. The van der Waals surface area contributed by atoms with Crippen LogP contribution in [0.25, 0.3) is 0 Å². The number of rotatable bonds is 4. The molecule has 0 bridgehead atoms. The third-order valence-corrected chi connectivity index (χ3v) is 3.47. The number of hydrogen-bond donors (Lipinski definition) is 0. The van der Waals surface area contributed by atoms with Crippen LogP contribution >= 0.6 is 0 Å². The molecule has 1 fully saturated rings. The maximum atomic E-state index is 2.54. The molecule has 0 heterocycles. The number of nitrogens with zero attached hydrogens (tertiary/aromatic N) is 2. The fraction of sp³-hybridized carbons (Fsp3) is 0.917. The fourth-order valence-corrected chi connectivity index (χ4v) is 2.32. The van der Waals surface area contributed by atoms with Gasteiger partial charge in [-0.1, -0.05) is 12.8 Å². The molecule has 2 nitrogen and oxygen atoms in total. The van der Waals surface area contributed by atoms with Crippen molar-refractivity contribution in [1.29, 1.82) is 0 Å². The van der Waals surface area contributed by atoms with Gasteiger partial charge in [0.15, 0.2) is 0 Å². The van der Waals surface area contributed by atoms with Gasteiger partial charge in [0.2, 0.25) is 0 Å². The van der Waals surface area contributed by atoms with E-state index in [2.05, 4.69) is 44.4 Å². The largest absolute Gasteiger partial charge is 0.309 e. The van der Waals surface area contributed by atoms with Gasteiger partial charge < -0.3 is 9.80 Å². The molecular weight excluding hydrogens is 172 g/mol. The van der Waals surface area contributed by atoms with E-state index >= 15 is 0 Å². The number of hydrogen-bond acceptors (Lipinski definition) is 2. The highest BCUT2D eigenvalue weighted by Gasteiger charge is 2.33. The second kappa shape index (κ2) is 5.13. The molecule has 14 heavy (non-hydrogen) atoms. The van der Waals surface area contributed by atoms with Crippen molar-refractivity contribution >= 4 is 0 Å². The van der Waals surface area contributed by atoms with Gasteiger partial charge in [-0.15, -0.1) is 0 Å². The molecule has 0 N–H and O–H groups in total. The molecule has 0 aromatic carbocycles. The van der Waals surface area contributed by atoms with Crippen LogP contribution in [0.15, 0.2) is 0 Å². The lowest BCUT2D eigenvalue weighted by Crippen LogP contribution is -2.47. The summed E-state index contributed by atoms with van der Waals surface area (Å²) < 4.78 is 0. The summed E-state index contributed by atoms with van der Waals surface area (Å²) in [5.74, 6) is 0. The van der Waals surface area contributed by atoms with Crippen molar-refractivity contribution in [3.05, 3.63) is 6.42 Å². The Morgan fingerprint density at radius 1 is 1.14 bits per heavy atom. The molecule has 1 radical (unpaired) electrons. The second-order valence-corrected chi connectivity index (χ2v) is 5.00. The molecule has 1 saturated carbocycles. The zero-order chi connectivity index (χ0) is 10.6. The van der Waals surface area contributed by atoms with E-state index in [0.717, 1.165) is 0 Å². The molecule has 0 aliphatic heterocycles. The standard InChI is InChI=1S/C12H25N2/c1-13(2)11-10-12(14(3)4)8-6-5-7-9-12/h8H,5-7,9-11H2,1-4H3. The minimum Gasteiger partial charge on any atom is -0.309 e. The van der Waals surface area contributed by atoms with Crippen LogP contribution in [0.2, 0.25) is 0 Å². The van der Waals surface area contributed by atoms with Crippen molar-refractivity contribution in [2.45, 2.75) is 37.6 Å². The van der Waals surface area contributed by atoms with Crippen LogP contribution in [0.5, 0.6) is 0 Å². The zero-order valence-electron chi connectivity index (χ0n) is 10.2. The zero-order valence-corrected chi connectivity index (χ0v) is 10.2. The van der Waals surface area contributed by atoms with Crippen LogP contribution in [0.3, 0.4) is 0 Å². The Hall–Kier alpha value is -0.0800. The molecule has 0 amide bonds. The van der Waals surface area contributed by atoms with E-state index in [4.69, 9.17) is 0 Å². The Morgan fingerprint density at radius 3 is 2.29 bits per heavy atom. The summed E-state index contributed by atoms with van der Waals surface area (Å²) >= 11 is 0. The maximum Gasteiger partial charge on any atom is 0.0247 e. The molecule has 0 aromatic rings. The van der Waals surface area contributed by atoms with Crippen LogP contribution in [-0.4, -0.2) is 50.1 Å². The van der Waals surface area contributed by atoms with E-state index < -0.39 is 0 Å². The van der Waals surface area contributed by atoms with Crippen molar-refractivity contribution < 1.29 is 0 Å². The molecule has 83 valence electrons. The van der Waals surface area contributed by atoms with Crippen molar-refractivity contribution in [3.63, 3.8) is 0 Å². The van der Waals surface area contributed by atoms with Crippen molar-refractivity contribution in [2.75, 3.05) is 34.7 Å². The van der Waals surface area contributed by atoms with Crippen molar-refractivity contribution in [3.8, 4) is 0 Å². The minimum absolute atomic E-state index is 0.377. The highest BCUT2D eigenvalue weighted by molar-refractivity contribution is 5.03. The molecular formula is C12H25N2.